The molecule has 0 aliphatic rings. The summed E-state index contributed by atoms with van der Waals surface area (Å²) in [6.45, 7) is 7.26. The van der Waals surface area contributed by atoms with E-state index in [1.54, 1.807) is 6.07 Å². The molecule has 0 aliphatic heterocycles. The fraction of sp³-hybridized carbons (Fsp3) is 0.571. The van der Waals surface area contributed by atoms with Gasteiger partial charge >= 0.3 is 0 Å². The van der Waals surface area contributed by atoms with Gasteiger partial charge in [0.15, 0.2) is 0 Å². The SMILES string of the molecule is CCN(Cc1ccc(O)c(Cl)c1)C(C)CN(C)C. The molecule has 0 bridgehead atoms. The molecule has 4 heteroatoms. The molecule has 1 N–H and O–H groups in total. The number of phenols is 1. The summed E-state index contributed by atoms with van der Waals surface area (Å²) in [7, 11) is 4.17. The molecule has 1 aromatic carbocycles. The van der Waals surface area contributed by atoms with Crippen molar-refractivity contribution in [3.63, 3.8) is 0 Å². The van der Waals surface area contributed by atoms with Crippen LogP contribution >= 0.6 is 11.6 Å². The summed E-state index contributed by atoms with van der Waals surface area (Å²) in [6, 6.07) is 5.90. The molecule has 0 aliphatic carbocycles. The second-order valence-corrected chi connectivity index (χ2v) is 5.37. The number of benzene rings is 1. The highest BCUT2D eigenvalue weighted by Gasteiger charge is 2.13. The van der Waals surface area contributed by atoms with Crippen LogP contribution < -0.4 is 0 Å². The normalized spacial score (nSPS) is 13.3. The smallest absolute Gasteiger partial charge is 0.134 e. The van der Waals surface area contributed by atoms with Gasteiger partial charge in [-0.1, -0.05) is 24.6 Å². The maximum atomic E-state index is 9.41. The lowest BCUT2D eigenvalue weighted by Gasteiger charge is -2.30. The third-order valence-corrected chi connectivity index (χ3v) is 3.36. The van der Waals surface area contributed by atoms with Crippen molar-refractivity contribution in [3.05, 3.63) is 28.8 Å². The zero-order chi connectivity index (χ0) is 13.7. The number of hydrogen-bond acceptors (Lipinski definition) is 3. The first kappa shape index (κ1) is 15.3. The van der Waals surface area contributed by atoms with E-state index in [1.807, 2.05) is 12.1 Å². The molecule has 0 spiro atoms. The van der Waals surface area contributed by atoms with E-state index in [1.165, 1.54) is 0 Å². The van der Waals surface area contributed by atoms with Gasteiger partial charge in [-0.3, -0.25) is 4.90 Å². The second kappa shape index (κ2) is 6.98. The van der Waals surface area contributed by atoms with E-state index < -0.39 is 0 Å². The maximum Gasteiger partial charge on any atom is 0.134 e. The fourth-order valence-electron chi connectivity index (χ4n) is 2.11. The Kier molecular flexibility index (Phi) is 5.93. The van der Waals surface area contributed by atoms with Crippen molar-refractivity contribution < 1.29 is 5.11 Å². The van der Waals surface area contributed by atoms with Crippen LogP contribution in [0.1, 0.15) is 19.4 Å². The van der Waals surface area contributed by atoms with Crippen LogP contribution in [0.25, 0.3) is 0 Å². The summed E-state index contributed by atoms with van der Waals surface area (Å²) in [4.78, 5) is 4.58. The summed E-state index contributed by atoms with van der Waals surface area (Å²) in [5.41, 5.74) is 1.13. The van der Waals surface area contributed by atoms with Crippen LogP contribution in [-0.4, -0.2) is 48.1 Å². The van der Waals surface area contributed by atoms with Crippen LogP contribution in [0.15, 0.2) is 18.2 Å². The summed E-state index contributed by atoms with van der Waals surface area (Å²) in [6.07, 6.45) is 0. The van der Waals surface area contributed by atoms with Gasteiger partial charge in [0.05, 0.1) is 5.02 Å². The van der Waals surface area contributed by atoms with Crippen molar-refractivity contribution in [2.75, 3.05) is 27.2 Å². The number of hydrogen-bond donors (Lipinski definition) is 1. The number of halogens is 1. The second-order valence-electron chi connectivity index (χ2n) is 4.96. The molecular weight excluding hydrogens is 248 g/mol. The van der Waals surface area contributed by atoms with Crippen LogP contribution in [0.3, 0.4) is 0 Å². The zero-order valence-corrected chi connectivity index (χ0v) is 12.4. The van der Waals surface area contributed by atoms with Crippen molar-refractivity contribution in [2.45, 2.75) is 26.4 Å². The minimum atomic E-state index is 0.143. The molecule has 0 aromatic heterocycles. The molecule has 0 heterocycles. The fourth-order valence-corrected chi connectivity index (χ4v) is 2.31. The Labute approximate surface area is 115 Å². The number of phenolic OH excluding ortho intramolecular Hbond substituents is 1. The molecule has 18 heavy (non-hydrogen) atoms. The van der Waals surface area contributed by atoms with Crippen LogP contribution in [0, 0.1) is 0 Å². The Hall–Kier alpha value is -0.770. The van der Waals surface area contributed by atoms with E-state index in [2.05, 4.69) is 37.7 Å². The molecular formula is C14H23ClN2O. The third kappa shape index (κ3) is 4.48. The highest BCUT2D eigenvalue weighted by molar-refractivity contribution is 6.32. The van der Waals surface area contributed by atoms with Crippen molar-refractivity contribution in [2.24, 2.45) is 0 Å². The predicted octanol–water partition coefficient (Wildman–Crippen LogP) is 2.82. The van der Waals surface area contributed by atoms with Crippen LogP contribution in [0.2, 0.25) is 5.02 Å². The topological polar surface area (TPSA) is 26.7 Å². The van der Waals surface area contributed by atoms with Gasteiger partial charge in [0.25, 0.3) is 0 Å². The van der Waals surface area contributed by atoms with Gasteiger partial charge in [0.2, 0.25) is 0 Å². The van der Waals surface area contributed by atoms with E-state index >= 15 is 0 Å². The molecule has 0 amide bonds. The van der Waals surface area contributed by atoms with Gasteiger partial charge in [-0.15, -0.1) is 0 Å². The molecule has 102 valence electrons. The Balaban J connectivity index is 2.70. The summed E-state index contributed by atoms with van der Waals surface area (Å²) < 4.78 is 0. The Morgan fingerprint density at radius 2 is 2.00 bits per heavy atom. The Bertz CT molecular complexity index is 382. The maximum absolute atomic E-state index is 9.41. The molecule has 3 nitrogen and oxygen atoms in total. The molecule has 1 unspecified atom stereocenters. The minimum absolute atomic E-state index is 0.143. The molecule has 0 saturated heterocycles. The van der Waals surface area contributed by atoms with Crippen LogP contribution in [-0.2, 0) is 6.54 Å². The molecule has 1 aromatic rings. The van der Waals surface area contributed by atoms with Crippen molar-refractivity contribution in [1.82, 2.24) is 9.80 Å². The largest absolute Gasteiger partial charge is 0.506 e. The zero-order valence-electron chi connectivity index (χ0n) is 11.7. The van der Waals surface area contributed by atoms with Crippen LogP contribution in [0.5, 0.6) is 5.75 Å². The van der Waals surface area contributed by atoms with E-state index in [4.69, 9.17) is 11.6 Å². The lowest BCUT2D eigenvalue weighted by molar-refractivity contribution is 0.174. The summed E-state index contributed by atoms with van der Waals surface area (Å²) in [5, 5.41) is 9.83. The van der Waals surface area contributed by atoms with Gasteiger partial charge in [-0.05, 0) is 45.3 Å². The lowest BCUT2D eigenvalue weighted by atomic mass is 10.1. The van der Waals surface area contributed by atoms with Gasteiger partial charge in [0, 0.05) is 19.1 Å². The monoisotopic (exact) mass is 270 g/mol. The molecule has 0 radical (unpaired) electrons. The van der Waals surface area contributed by atoms with Gasteiger partial charge in [-0.2, -0.15) is 0 Å². The van der Waals surface area contributed by atoms with Crippen molar-refractivity contribution >= 4 is 11.6 Å². The van der Waals surface area contributed by atoms with Gasteiger partial charge < -0.3 is 10.0 Å². The van der Waals surface area contributed by atoms with Gasteiger partial charge in [-0.25, -0.2) is 0 Å². The standard InChI is InChI=1S/C14H23ClN2O/c1-5-17(11(2)9-16(3)4)10-12-6-7-14(18)13(15)8-12/h6-8,11,18H,5,9-10H2,1-4H3. The van der Waals surface area contributed by atoms with E-state index in [0.29, 0.717) is 11.1 Å². The minimum Gasteiger partial charge on any atom is -0.506 e. The van der Waals surface area contributed by atoms with Gasteiger partial charge in [0.1, 0.15) is 5.75 Å². The van der Waals surface area contributed by atoms with E-state index in [9.17, 15) is 5.11 Å². The molecule has 1 atom stereocenters. The summed E-state index contributed by atoms with van der Waals surface area (Å²) >= 11 is 5.93. The molecule has 0 saturated carbocycles. The quantitative estimate of drug-likeness (QED) is 0.861. The molecule has 0 fully saturated rings. The Morgan fingerprint density at radius 1 is 1.33 bits per heavy atom. The molecule has 1 rings (SSSR count). The highest BCUT2D eigenvalue weighted by Crippen LogP contribution is 2.24. The van der Waals surface area contributed by atoms with E-state index in [0.717, 1.165) is 25.2 Å². The number of nitrogens with zero attached hydrogens (tertiary/aromatic N) is 2. The average molecular weight is 271 g/mol. The first-order valence-electron chi connectivity index (χ1n) is 6.30. The first-order chi connectivity index (χ1) is 8.43. The first-order valence-corrected chi connectivity index (χ1v) is 6.68. The lowest BCUT2D eigenvalue weighted by Crippen LogP contribution is -2.39. The number of likely N-dealkylation sites (N-methyl/N-ethyl adjacent to an activating group) is 2. The average Bonchev–Trinajstić information content (AvgIpc) is 2.29. The third-order valence-electron chi connectivity index (χ3n) is 3.06. The van der Waals surface area contributed by atoms with Crippen LogP contribution in [0.4, 0.5) is 0 Å². The number of rotatable bonds is 6. The Morgan fingerprint density at radius 3 is 2.50 bits per heavy atom. The van der Waals surface area contributed by atoms with E-state index in [-0.39, 0.29) is 5.75 Å². The summed E-state index contributed by atoms with van der Waals surface area (Å²) in [5.74, 6) is 0.143. The van der Waals surface area contributed by atoms with Crippen molar-refractivity contribution in [3.8, 4) is 5.75 Å². The highest BCUT2D eigenvalue weighted by atomic mass is 35.5. The van der Waals surface area contributed by atoms with Crippen molar-refractivity contribution in [1.29, 1.82) is 0 Å². The number of aromatic hydroxyl groups is 1. The predicted molar refractivity (Wildman–Crippen MR) is 77.2 cm³/mol.